The maximum absolute atomic E-state index is 12.5. The average Bonchev–Trinajstić information content (AvgIpc) is 2.40. The molecule has 20 heavy (non-hydrogen) atoms. The van der Waals surface area contributed by atoms with Crippen LogP contribution in [0.15, 0.2) is 48.5 Å². The van der Waals surface area contributed by atoms with E-state index in [0.717, 1.165) is 18.2 Å². The number of carbonyl (C=O) groups is 1. The first-order valence-electron chi connectivity index (χ1n) is 5.52. The Kier molecular flexibility index (Phi) is 3.99. The summed E-state index contributed by atoms with van der Waals surface area (Å²) in [6.07, 6.45) is -4.51. The molecule has 104 valence electrons. The van der Waals surface area contributed by atoms with Crippen LogP contribution in [0.25, 0.3) is 0 Å². The van der Waals surface area contributed by atoms with Crippen molar-refractivity contribution in [3.63, 3.8) is 0 Å². The highest BCUT2D eigenvalue weighted by Crippen LogP contribution is 2.30. The summed E-state index contributed by atoms with van der Waals surface area (Å²) in [5.74, 6) is -0.805. The minimum absolute atomic E-state index is 0.0941. The molecule has 0 aliphatic carbocycles. The van der Waals surface area contributed by atoms with Gasteiger partial charge in [0.05, 0.1) is 16.1 Å². The molecule has 0 fully saturated rings. The van der Waals surface area contributed by atoms with Gasteiger partial charge in [0.1, 0.15) is 5.75 Å². The molecule has 0 amide bonds. The van der Waals surface area contributed by atoms with Gasteiger partial charge in [0.2, 0.25) is 0 Å². The Morgan fingerprint density at radius 1 is 1.05 bits per heavy atom. The van der Waals surface area contributed by atoms with Crippen molar-refractivity contribution in [3.05, 3.63) is 64.7 Å². The topological polar surface area (TPSA) is 26.3 Å². The third-order valence-corrected chi connectivity index (χ3v) is 2.78. The van der Waals surface area contributed by atoms with Crippen LogP contribution in [0.1, 0.15) is 15.9 Å². The minimum Gasteiger partial charge on any atom is -0.421 e. The highest BCUT2D eigenvalue weighted by molar-refractivity contribution is 6.32. The molecule has 2 aromatic rings. The Hall–Kier alpha value is -2.01. The molecule has 0 bridgehead atoms. The number of esters is 1. The van der Waals surface area contributed by atoms with Crippen LogP contribution in [0.5, 0.6) is 5.75 Å². The SMILES string of the molecule is O=C(Oc1ccccc1Cl)c1cccc(C(F)(F)F)c1. The molecule has 0 spiro atoms. The fraction of sp³-hybridized carbons (Fsp3) is 0.0714. The number of hydrogen-bond acceptors (Lipinski definition) is 2. The molecule has 0 saturated heterocycles. The highest BCUT2D eigenvalue weighted by atomic mass is 35.5. The lowest BCUT2D eigenvalue weighted by atomic mass is 10.1. The standard InChI is InChI=1S/C14H8ClF3O2/c15-11-6-1-2-7-12(11)20-13(19)9-4-3-5-10(8-9)14(16,17)18/h1-8H. The van der Waals surface area contributed by atoms with Gasteiger partial charge in [-0.25, -0.2) is 4.79 Å². The first-order valence-corrected chi connectivity index (χ1v) is 5.89. The van der Waals surface area contributed by atoms with Crippen molar-refractivity contribution in [2.45, 2.75) is 6.18 Å². The van der Waals surface area contributed by atoms with Crippen molar-refractivity contribution in [1.29, 1.82) is 0 Å². The summed E-state index contributed by atoms with van der Waals surface area (Å²) in [4.78, 5) is 11.8. The molecule has 0 N–H and O–H groups in total. The van der Waals surface area contributed by atoms with Gasteiger partial charge in [-0.1, -0.05) is 29.8 Å². The Morgan fingerprint density at radius 3 is 2.40 bits per heavy atom. The number of halogens is 4. The first-order chi connectivity index (χ1) is 9.38. The molecule has 0 heterocycles. The van der Waals surface area contributed by atoms with Gasteiger partial charge in [-0.15, -0.1) is 0 Å². The average molecular weight is 301 g/mol. The van der Waals surface area contributed by atoms with Crippen molar-refractivity contribution in [1.82, 2.24) is 0 Å². The molecule has 2 nitrogen and oxygen atoms in total. The molecule has 6 heteroatoms. The lowest BCUT2D eigenvalue weighted by Crippen LogP contribution is -2.11. The zero-order valence-electron chi connectivity index (χ0n) is 9.95. The normalized spacial score (nSPS) is 11.2. The second-order valence-electron chi connectivity index (χ2n) is 3.90. The maximum Gasteiger partial charge on any atom is 0.416 e. The molecule has 2 rings (SSSR count). The van der Waals surface area contributed by atoms with E-state index in [9.17, 15) is 18.0 Å². The number of hydrogen-bond donors (Lipinski definition) is 0. The quantitative estimate of drug-likeness (QED) is 0.599. The predicted octanol–water partition coefficient (Wildman–Crippen LogP) is 4.58. The van der Waals surface area contributed by atoms with Crippen molar-refractivity contribution in [2.24, 2.45) is 0 Å². The van der Waals surface area contributed by atoms with E-state index < -0.39 is 17.7 Å². The van der Waals surface area contributed by atoms with E-state index in [0.29, 0.717) is 0 Å². The minimum atomic E-state index is -4.51. The Labute approximate surface area is 117 Å². The van der Waals surface area contributed by atoms with Gasteiger partial charge in [0.25, 0.3) is 0 Å². The van der Waals surface area contributed by atoms with Crippen LogP contribution in [0.4, 0.5) is 13.2 Å². The first kappa shape index (κ1) is 14.4. The largest absolute Gasteiger partial charge is 0.421 e. The number of ether oxygens (including phenoxy) is 1. The Balaban J connectivity index is 2.24. The monoisotopic (exact) mass is 300 g/mol. The number of para-hydroxylation sites is 1. The second-order valence-corrected chi connectivity index (χ2v) is 4.31. The fourth-order valence-electron chi connectivity index (χ4n) is 1.51. The van der Waals surface area contributed by atoms with Gasteiger partial charge >= 0.3 is 12.1 Å². The summed E-state index contributed by atoms with van der Waals surface area (Å²) < 4.78 is 42.6. The number of alkyl halides is 3. The van der Waals surface area contributed by atoms with Crippen molar-refractivity contribution in [3.8, 4) is 5.75 Å². The molecule has 0 aliphatic rings. The van der Waals surface area contributed by atoms with Crippen molar-refractivity contribution in [2.75, 3.05) is 0 Å². The van der Waals surface area contributed by atoms with Crippen LogP contribution in [-0.2, 0) is 6.18 Å². The van der Waals surface area contributed by atoms with Crippen LogP contribution < -0.4 is 4.74 Å². The number of carbonyl (C=O) groups excluding carboxylic acids is 1. The summed E-state index contributed by atoms with van der Waals surface area (Å²) in [5, 5.41) is 0.202. The van der Waals surface area contributed by atoms with Gasteiger partial charge in [-0.2, -0.15) is 13.2 Å². The lowest BCUT2D eigenvalue weighted by Gasteiger charge is -2.09. The second kappa shape index (κ2) is 5.54. The molecular formula is C14H8ClF3O2. The van der Waals surface area contributed by atoms with Gasteiger partial charge in [-0.3, -0.25) is 0 Å². The molecule has 0 radical (unpaired) electrons. The molecule has 2 aromatic carbocycles. The third kappa shape index (κ3) is 3.30. The van der Waals surface area contributed by atoms with Gasteiger partial charge in [0, 0.05) is 0 Å². The molecule has 0 aliphatic heterocycles. The van der Waals surface area contributed by atoms with E-state index in [1.807, 2.05) is 0 Å². The molecular weight excluding hydrogens is 293 g/mol. The van der Waals surface area contributed by atoms with E-state index in [1.165, 1.54) is 18.2 Å². The van der Waals surface area contributed by atoms with Gasteiger partial charge in [0.15, 0.2) is 0 Å². The van der Waals surface area contributed by atoms with Gasteiger partial charge in [-0.05, 0) is 30.3 Å². The zero-order chi connectivity index (χ0) is 14.8. The number of benzene rings is 2. The molecule has 0 atom stereocenters. The molecule has 0 aromatic heterocycles. The van der Waals surface area contributed by atoms with Gasteiger partial charge < -0.3 is 4.74 Å². The lowest BCUT2D eigenvalue weighted by molar-refractivity contribution is -0.137. The smallest absolute Gasteiger partial charge is 0.416 e. The fourth-order valence-corrected chi connectivity index (χ4v) is 1.68. The van der Waals surface area contributed by atoms with Crippen LogP contribution in [-0.4, -0.2) is 5.97 Å². The third-order valence-electron chi connectivity index (χ3n) is 2.46. The van der Waals surface area contributed by atoms with Crippen LogP contribution in [0.3, 0.4) is 0 Å². The molecule has 0 unspecified atom stereocenters. The maximum atomic E-state index is 12.5. The van der Waals surface area contributed by atoms with Crippen LogP contribution in [0.2, 0.25) is 5.02 Å². The van der Waals surface area contributed by atoms with E-state index in [1.54, 1.807) is 12.1 Å². The van der Waals surface area contributed by atoms with Crippen LogP contribution in [0, 0.1) is 0 Å². The van der Waals surface area contributed by atoms with Crippen molar-refractivity contribution < 1.29 is 22.7 Å². The summed E-state index contributed by atoms with van der Waals surface area (Å²) in [5.41, 5.74) is -1.11. The predicted molar refractivity (Wildman–Crippen MR) is 67.9 cm³/mol. The van der Waals surface area contributed by atoms with E-state index in [2.05, 4.69) is 0 Å². The molecule has 0 saturated carbocycles. The zero-order valence-corrected chi connectivity index (χ0v) is 10.7. The van der Waals surface area contributed by atoms with Crippen molar-refractivity contribution >= 4 is 17.6 Å². The summed E-state index contributed by atoms with van der Waals surface area (Å²) >= 11 is 5.80. The Morgan fingerprint density at radius 2 is 1.75 bits per heavy atom. The van der Waals surface area contributed by atoms with Crippen LogP contribution >= 0.6 is 11.6 Å². The summed E-state index contributed by atoms with van der Waals surface area (Å²) in [6.45, 7) is 0. The Bertz CT molecular complexity index is 638. The number of rotatable bonds is 2. The summed E-state index contributed by atoms with van der Waals surface area (Å²) in [7, 11) is 0. The van der Waals surface area contributed by atoms with E-state index in [-0.39, 0.29) is 16.3 Å². The van der Waals surface area contributed by atoms with E-state index in [4.69, 9.17) is 16.3 Å². The summed E-state index contributed by atoms with van der Waals surface area (Å²) in [6, 6.07) is 10.2. The highest BCUT2D eigenvalue weighted by Gasteiger charge is 2.31. The van der Waals surface area contributed by atoms with E-state index >= 15 is 0 Å².